The van der Waals surface area contributed by atoms with Crippen molar-refractivity contribution in [1.82, 2.24) is 14.8 Å². The van der Waals surface area contributed by atoms with Gasteiger partial charge in [-0.25, -0.2) is 4.98 Å². The molecule has 0 aromatic carbocycles. The number of nitrogens with zero attached hydrogens (tertiary/aromatic N) is 3. The number of nitrogens with two attached hydrogens (primary N) is 1. The molecule has 5 nitrogen and oxygen atoms in total. The molecule has 6 heteroatoms. The minimum Gasteiger partial charge on any atom is -0.397 e. The largest absolute Gasteiger partial charge is 0.397 e. The quantitative estimate of drug-likeness (QED) is 0.786. The van der Waals surface area contributed by atoms with E-state index in [-0.39, 0.29) is 11.1 Å². The summed E-state index contributed by atoms with van der Waals surface area (Å²) in [6.45, 7) is 3.64. The Balaban J connectivity index is 1.78. The van der Waals surface area contributed by atoms with Gasteiger partial charge in [0, 0.05) is 25.7 Å². The average Bonchev–Trinajstić information content (AvgIpc) is 2.88. The molecule has 0 aliphatic carbocycles. The zero-order valence-corrected chi connectivity index (χ0v) is 11.4. The predicted octanol–water partition coefficient (Wildman–Crippen LogP) is 1.24. The summed E-state index contributed by atoms with van der Waals surface area (Å²) in [5, 5.41) is 0.230. The molecule has 19 heavy (non-hydrogen) atoms. The third-order valence-electron chi connectivity index (χ3n) is 3.97. The van der Waals surface area contributed by atoms with Crippen molar-refractivity contribution in [3.63, 3.8) is 0 Å². The molecule has 3 rings (SSSR count). The Morgan fingerprint density at radius 1 is 1.42 bits per heavy atom. The standard InChI is InChI=1S/C13H17ClN4O/c14-12-11(6-9(15)7-16-12)13(19)18-5-4-17-3-1-2-10(17)8-18/h6-7,10H,1-5,8,15H2. The Morgan fingerprint density at radius 3 is 3.11 bits per heavy atom. The Labute approximate surface area is 117 Å². The minimum atomic E-state index is -0.0589. The summed E-state index contributed by atoms with van der Waals surface area (Å²) in [4.78, 5) is 20.8. The average molecular weight is 281 g/mol. The fourth-order valence-corrected chi connectivity index (χ4v) is 3.14. The van der Waals surface area contributed by atoms with Gasteiger partial charge in [0.15, 0.2) is 0 Å². The summed E-state index contributed by atoms with van der Waals surface area (Å²) >= 11 is 6.00. The summed E-state index contributed by atoms with van der Waals surface area (Å²) in [5.74, 6) is -0.0589. The van der Waals surface area contributed by atoms with Crippen molar-refractivity contribution in [2.45, 2.75) is 18.9 Å². The van der Waals surface area contributed by atoms with Crippen molar-refractivity contribution >= 4 is 23.2 Å². The molecule has 0 spiro atoms. The zero-order valence-electron chi connectivity index (χ0n) is 10.7. The summed E-state index contributed by atoms with van der Waals surface area (Å²) in [6.07, 6.45) is 3.87. The van der Waals surface area contributed by atoms with Crippen molar-refractivity contribution in [3.05, 3.63) is 23.0 Å². The Kier molecular flexibility index (Phi) is 3.33. The summed E-state index contributed by atoms with van der Waals surface area (Å²) in [5.41, 5.74) is 6.56. The lowest BCUT2D eigenvalue weighted by molar-refractivity contribution is 0.0571. The van der Waals surface area contributed by atoms with Crippen LogP contribution in [0, 0.1) is 0 Å². The molecular weight excluding hydrogens is 264 g/mol. The number of halogens is 1. The maximum atomic E-state index is 12.5. The summed E-state index contributed by atoms with van der Waals surface area (Å²) < 4.78 is 0. The number of anilines is 1. The van der Waals surface area contributed by atoms with Crippen LogP contribution in [-0.2, 0) is 0 Å². The van der Waals surface area contributed by atoms with Crippen LogP contribution in [-0.4, -0.2) is 52.9 Å². The van der Waals surface area contributed by atoms with Crippen LogP contribution < -0.4 is 5.73 Å². The lowest BCUT2D eigenvalue weighted by atomic mass is 10.1. The van der Waals surface area contributed by atoms with Crippen LogP contribution in [0.5, 0.6) is 0 Å². The van der Waals surface area contributed by atoms with Gasteiger partial charge in [-0.2, -0.15) is 0 Å². The van der Waals surface area contributed by atoms with Gasteiger partial charge in [-0.15, -0.1) is 0 Å². The topological polar surface area (TPSA) is 62.5 Å². The second kappa shape index (κ2) is 4.98. The first-order valence-corrected chi connectivity index (χ1v) is 6.97. The number of fused-ring (bicyclic) bond motifs is 1. The number of hydrogen-bond donors (Lipinski definition) is 1. The van der Waals surface area contributed by atoms with Gasteiger partial charge < -0.3 is 10.6 Å². The summed E-state index contributed by atoms with van der Waals surface area (Å²) in [6, 6.07) is 2.11. The minimum absolute atomic E-state index is 0.0589. The number of amides is 1. The predicted molar refractivity (Wildman–Crippen MR) is 74.2 cm³/mol. The molecule has 1 atom stereocenters. The molecule has 1 unspecified atom stereocenters. The highest BCUT2D eigenvalue weighted by molar-refractivity contribution is 6.32. The third-order valence-corrected chi connectivity index (χ3v) is 4.27. The highest BCUT2D eigenvalue weighted by Crippen LogP contribution is 2.24. The van der Waals surface area contributed by atoms with Crippen LogP contribution in [0.25, 0.3) is 0 Å². The van der Waals surface area contributed by atoms with Gasteiger partial charge in [-0.1, -0.05) is 11.6 Å². The van der Waals surface area contributed by atoms with Crippen molar-refractivity contribution in [1.29, 1.82) is 0 Å². The van der Waals surface area contributed by atoms with Gasteiger partial charge in [0.1, 0.15) is 5.15 Å². The maximum Gasteiger partial charge on any atom is 0.257 e. The Bertz CT molecular complexity index is 507. The van der Waals surface area contributed by atoms with E-state index in [1.807, 2.05) is 4.90 Å². The number of hydrogen-bond acceptors (Lipinski definition) is 4. The second-order valence-electron chi connectivity index (χ2n) is 5.19. The normalized spacial score (nSPS) is 23.4. The summed E-state index contributed by atoms with van der Waals surface area (Å²) in [7, 11) is 0. The molecular formula is C13H17ClN4O. The van der Waals surface area contributed by atoms with E-state index < -0.39 is 0 Å². The first-order chi connectivity index (χ1) is 9.15. The van der Waals surface area contributed by atoms with Crippen LogP contribution in [0.1, 0.15) is 23.2 Å². The molecule has 1 aromatic rings. The molecule has 2 N–H and O–H groups in total. The molecule has 2 aliphatic heterocycles. The van der Waals surface area contributed by atoms with E-state index >= 15 is 0 Å². The molecule has 1 aromatic heterocycles. The van der Waals surface area contributed by atoms with Crippen LogP contribution in [0.2, 0.25) is 5.15 Å². The van der Waals surface area contributed by atoms with Crippen LogP contribution in [0.3, 0.4) is 0 Å². The second-order valence-corrected chi connectivity index (χ2v) is 5.55. The van der Waals surface area contributed by atoms with E-state index in [2.05, 4.69) is 9.88 Å². The molecule has 2 saturated heterocycles. The molecule has 102 valence electrons. The first-order valence-electron chi connectivity index (χ1n) is 6.59. The van der Waals surface area contributed by atoms with Crippen molar-refractivity contribution in [2.75, 3.05) is 31.9 Å². The number of nitrogen functional groups attached to an aromatic ring is 1. The Morgan fingerprint density at radius 2 is 2.26 bits per heavy atom. The number of pyridine rings is 1. The van der Waals surface area contributed by atoms with Gasteiger partial charge in [-0.3, -0.25) is 9.69 Å². The van der Waals surface area contributed by atoms with E-state index in [0.717, 1.165) is 26.2 Å². The lowest BCUT2D eigenvalue weighted by Crippen LogP contribution is -2.52. The number of rotatable bonds is 1. The van der Waals surface area contributed by atoms with Gasteiger partial charge in [0.05, 0.1) is 17.4 Å². The van der Waals surface area contributed by atoms with E-state index in [9.17, 15) is 4.79 Å². The monoisotopic (exact) mass is 280 g/mol. The Hall–Kier alpha value is -1.33. The number of carbonyl (C=O) groups excluding carboxylic acids is 1. The van der Waals surface area contributed by atoms with E-state index in [4.69, 9.17) is 17.3 Å². The smallest absolute Gasteiger partial charge is 0.257 e. The number of piperazine rings is 1. The van der Waals surface area contributed by atoms with Crippen LogP contribution in [0.4, 0.5) is 5.69 Å². The fourth-order valence-electron chi connectivity index (χ4n) is 2.96. The zero-order chi connectivity index (χ0) is 13.4. The van der Waals surface area contributed by atoms with Crippen LogP contribution >= 0.6 is 11.6 Å². The van der Waals surface area contributed by atoms with E-state index in [1.54, 1.807) is 6.07 Å². The molecule has 0 radical (unpaired) electrons. The third kappa shape index (κ3) is 2.40. The van der Waals surface area contributed by atoms with Crippen LogP contribution in [0.15, 0.2) is 12.3 Å². The van der Waals surface area contributed by atoms with Crippen molar-refractivity contribution < 1.29 is 4.79 Å². The molecule has 0 saturated carbocycles. The fraction of sp³-hybridized carbons (Fsp3) is 0.538. The van der Waals surface area contributed by atoms with Gasteiger partial charge in [0.25, 0.3) is 5.91 Å². The van der Waals surface area contributed by atoms with Crippen molar-refractivity contribution in [2.24, 2.45) is 0 Å². The van der Waals surface area contributed by atoms with E-state index in [0.29, 0.717) is 17.3 Å². The number of carbonyl (C=O) groups is 1. The van der Waals surface area contributed by atoms with Gasteiger partial charge in [-0.05, 0) is 25.5 Å². The SMILES string of the molecule is Nc1cnc(Cl)c(C(=O)N2CCN3CCCC3C2)c1. The molecule has 0 bridgehead atoms. The highest BCUT2D eigenvalue weighted by atomic mass is 35.5. The molecule has 2 aliphatic rings. The maximum absolute atomic E-state index is 12.5. The van der Waals surface area contributed by atoms with Gasteiger partial charge in [0.2, 0.25) is 0 Å². The molecule has 1 amide bonds. The highest BCUT2D eigenvalue weighted by Gasteiger charge is 2.33. The van der Waals surface area contributed by atoms with Crippen molar-refractivity contribution in [3.8, 4) is 0 Å². The lowest BCUT2D eigenvalue weighted by Gasteiger charge is -2.37. The molecule has 3 heterocycles. The van der Waals surface area contributed by atoms with Gasteiger partial charge >= 0.3 is 0 Å². The number of aromatic nitrogens is 1. The molecule has 2 fully saturated rings. The first kappa shape index (κ1) is 12.7. The van der Waals surface area contributed by atoms with E-state index in [1.165, 1.54) is 19.0 Å².